The van der Waals surface area contributed by atoms with E-state index in [0.29, 0.717) is 5.89 Å². The van der Waals surface area contributed by atoms with Gasteiger partial charge in [-0.3, -0.25) is 4.90 Å². The van der Waals surface area contributed by atoms with Gasteiger partial charge in [-0.2, -0.15) is 9.36 Å². The van der Waals surface area contributed by atoms with E-state index < -0.39 is 0 Å². The molecule has 7 heteroatoms. The summed E-state index contributed by atoms with van der Waals surface area (Å²) in [6.07, 6.45) is 0. The molecular formula is C15H17N5OS. The number of aryl methyl sites for hydroxylation is 1. The van der Waals surface area contributed by atoms with Gasteiger partial charge in [0.15, 0.2) is 5.82 Å². The summed E-state index contributed by atoms with van der Waals surface area (Å²) < 4.78 is 10.9. The Balaban J connectivity index is 1.43. The van der Waals surface area contributed by atoms with Crippen molar-refractivity contribution in [3.05, 3.63) is 36.0 Å². The fourth-order valence-electron chi connectivity index (χ4n) is 2.82. The lowest BCUT2D eigenvalue weighted by atomic mass is 10.2. The molecule has 22 heavy (non-hydrogen) atoms. The number of piperazine rings is 1. The van der Waals surface area contributed by atoms with E-state index in [4.69, 9.17) is 4.52 Å². The largest absolute Gasteiger partial charge is 0.353 e. The number of benzene rings is 1. The summed E-state index contributed by atoms with van der Waals surface area (Å²) in [5, 5.41) is 5.23. The van der Waals surface area contributed by atoms with Crippen LogP contribution in [0.2, 0.25) is 0 Å². The van der Waals surface area contributed by atoms with Crippen LogP contribution in [0.15, 0.2) is 28.8 Å². The first-order valence-electron chi connectivity index (χ1n) is 7.40. The third-order valence-electron chi connectivity index (χ3n) is 3.96. The maximum Gasteiger partial charge on any atom is 0.223 e. The second kappa shape index (κ2) is 5.66. The molecule has 0 radical (unpaired) electrons. The highest BCUT2D eigenvalue weighted by Gasteiger charge is 2.21. The second-order valence-corrected chi connectivity index (χ2v) is 6.30. The highest BCUT2D eigenvalue weighted by Crippen LogP contribution is 2.29. The first-order chi connectivity index (χ1) is 10.8. The Morgan fingerprint density at radius 1 is 1.18 bits per heavy atom. The van der Waals surface area contributed by atoms with E-state index in [-0.39, 0.29) is 0 Å². The standard InChI is InChI=1S/C15H17N5OS/c1-11-16-14(17-21-11)10-19-6-8-20(9-7-19)15-12-4-2-3-5-13(12)22-18-15/h2-5H,6-10H2,1H3. The Morgan fingerprint density at radius 2 is 2.00 bits per heavy atom. The summed E-state index contributed by atoms with van der Waals surface area (Å²) in [4.78, 5) is 9.00. The molecule has 3 heterocycles. The van der Waals surface area contributed by atoms with Crippen molar-refractivity contribution in [2.75, 3.05) is 31.1 Å². The molecule has 114 valence electrons. The number of hydrogen-bond acceptors (Lipinski definition) is 7. The molecule has 0 bridgehead atoms. The average molecular weight is 315 g/mol. The normalized spacial score (nSPS) is 16.5. The third-order valence-corrected chi connectivity index (χ3v) is 4.78. The summed E-state index contributed by atoms with van der Waals surface area (Å²) in [5.41, 5.74) is 0. The Morgan fingerprint density at radius 3 is 2.77 bits per heavy atom. The van der Waals surface area contributed by atoms with Crippen LogP contribution in [0.5, 0.6) is 0 Å². The molecule has 1 aromatic carbocycles. The summed E-state index contributed by atoms with van der Waals surface area (Å²) in [5.74, 6) is 2.52. The van der Waals surface area contributed by atoms with Gasteiger partial charge in [0.2, 0.25) is 5.89 Å². The fourth-order valence-corrected chi connectivity index (χ4v) is 3.62. The molecule has 0 spiro atoms. The molecule has 4 rings (SSSR count). The monoisotopic (exact) mass is 315 g/mol. The summed E-state index contributed by atoms with van der Waals surface area (Å²) in [7, 11) is 0. The van der Waals surface area contributed by atoms with Crippen LogP contribution in [0.25, 0.3) is 10.1 Å². The van der Waals surface area contributed by atoms with Gasteiger partial charge >= 0.3 is 0 Å². The lowest BCUT2D eigenvalue weighted by Gasteiger charge is -2.34. The first kappa shape index (κ1) is 13.7. The van der Waals surface area contributed by atoms with Crippen LogP contribution >= 0.6 is 11.5 Å². The van der Waals surface area contributed by atoms with Crippen LogP contribution in [0.1, 0.15) is 11.7 Å². The van der Waals surface area contributed by atoms with Crippen LogP contribution in [0.3, 0.4) is 0 Å². The number of nitrogens with zero attached hydrogens (tertiary/aromatic N) is 5. The molecule has 3 aromatic rings. The van der Waals surface area contributed by atoms with Crippen molar-refractivity contribution in [3.63, 3.8) is 0 Å². The number of fused-ring (bicyclic) bond motifs is 1. The van der Waals surface area contributed by atoms with E-state index in [1.807, 2.05) is 6.92 Å². The van der Waals surface area contributed by atoms with Crippen molar-refractivity contribution >= 4 is 27.4 Å². The lowest BCUT2D eigenvalue weighted by Crippen LogP contribution is -2.46. The van der Waals surface area contributed by atoms with Gasteiger partial charge in [-0.25, -0.2) is 0 Å². The topological polar surface area (TPSA) is 58.3 Å². The number of aromatic nitrogens is 3. The van der Waals surface area contributed by atoms with Crippen molar-refractivity contribution in [1.82, 2.24) is 19.4 Å². The molecule has 1 aliphatic rings. The van der Waals surface area contributed by atoms with E-state index in [1.54, 1.807) is 11.5 Å². The predicted molar refractivity (Wildman–Crippen MR) is 86.1 cm³/mol. The van der Waals surface area contributed by atoms with E-state index >= 15 is 0 Å². The van der Waals surface area contributed by atoms with Crippen molar-refractivity contribution in [2.45, 2.75) is 13.5 Å². The first-order valence-corrected chi connectivity index (χ1v) is 8.18. The Hall–Kier alpha value is -1.99. The molecule has 0 amide bonds. The zero-order chi connectivity index (χ0) is 14.9. The van der Waals surface area contributed by atoms with Crippen molar-refractivity contribution in [1.29, 1.82) is 0 Å². The van der Waals surface area contributed by atoms with Crippen LogP contribution in [-0.2, 0) is 6.54 Å². The predicted octanol–water partition coefficient (Wildman–Crippen LogP) is 2.31. The van der Waals surface area contributed by atoms with Gasteiger partial charge in [-0.15, -0.1) is 0 Å². The molecule has 0 aliphatic carbocycles. The quantitative estimate of drug-likeness (QED) is 0.739. The lowest BCUT2D eigenvalue weighted by molar-refractivity contribution is 0.240. The molecule has 0 unspecified atom stereocenters. The molecule has 0 atom stereocenters. The smallest absolute Gasteiger partial charge is 0.223 e. The molecule has 2 aromatic heterocycles. The van der Waals surface area contributed by atoms with E-state index in [1.165, 1.54) is 10.1 Å². The second-order valence-electron chi connectivity index (χ2n) is 5.50. The minimum atomic E-state index is 0.627. The van der Waals surface area contributed by atoms with Gasteiger partial charge in [-0.1, -0.05) is 17.3 Å². The van der Waals surface area contributed by atoms with Crippen molar-refractivity contribution < 1.29 is 4.52 Å². The van der Waals surface area contributed by atoms with E-state index in [0.717, 1.165) is 44.4 Å². The maximum atomic E-state index is 5.03. The average Bonchev–Trinajstić information content (AvgIpc) is 3.14. The third kappa shape index (κ3) is 2.57. The van der Waals surface area contributed by atoms with Gasteiger partial charge in [0, 0.05) is 38.5 Å². The van der Waals surface area contributed by atoms with E-state index in [2.05, 4.69) is 48.6 Å². The van der Waals surface area contributed by atoms with Gasteiger partial charge in [-0.05, 0) is 23.7 Å². The molecule has 1 saturated heterocycles. The van der Waals surface area contributed by atoms with Crippen LogP contribution in [0.4, 0.5) is 5.82 Å². The number of rotatable bonds is 3. The van der Waals surface area contributed by atoms with Gasteiger partial charge in [0.1, 0.15) is 5.82 Å². The molecule has 0 saturated carbocycles. The Labute approximate surface area is 132 Å². The fraction of sp³-hybridized carbons (Fsp3) is 0.400. The minimum absolute atomic E-state index is 0.627. The zero-order valence-electron chi connectivity index (χ0n) is 12.4. The zero-order valence-corrected chi connectivity index (χ0v) is 13.2. The summed E-state index contributed by atoms with van der Waals surface area (Å²) in [6, 6.07) is 8.43. The Kier molecular flexibility index (Phi) is 3.51. The van der Waals surface area contributed by atoms with Crippen molar-refractivity contribution in [3.8, 4) is 0 Å². The highest BCUT2D eigenvalue weighted by molar-refractivity contribution is 7.13. The summed E-state index contributed by atoms with van der Waals surface area (Å²) in [6.45, 7) is 6.50. The minimum Gasteiger partial charge on any atom is -0.353 e. The van der Waals surface area contributed by atoms with Gasteiger partial charge in [0.25, 0.3) is 0 Å². The molecule has 1 aliphatic heterocycles. The molecule has 0 N–H and O–H groups in total. The van der Waals surface area contributed by atoms with Gasteiger partial charge in [0.05, 0.1) is 11.2 Å². The highest BCUT2D eigenvalue weighted by atomic mass is 32.1. The van der Waals surface area contributed by atoms with Crippen molar-refractivity contribution in [2.24, 2.45) is 0 Å². The Bertz CT molecular complexity index is 775. The number of anilines is 1. The van der Waals surface area contributed by atoms with Crippen LogP contribution in [-0.4, -0.2) is 45.6 Å². The molecular weight excluding hydrogens is 298 g/mol. The molecule has 6 nitrogen and oxygen atoms in total. The number of hydrogen-bond donors (Lipinski definition) is 0. The SMILES string of the molecule is Cc1nc(CN2CCN(c3nsc4ccccc34)CC2)no1. The summed E-state index contributed by atoms with van der Waals surface area (Å²) >= 11 is 1.58. The van der Waals surface area contributed by atoms with Gasteiger partial charge < -0.3 is 9.42 Å². The van der Waals surface area contributed by atoms with Crippen LogP contribution < -0.4 is 4.90 Å². The van der Waals surface area contributed by atoms with Crippen LogP contribution in [0, 0.1) is 6.92 Å². The van der Waals surface area contributed by atoms with E-state index in [9.17, 15) is 0 Å². The molecule has 1 fully saturated rings. The maximum absolute atomic E-state index is 5.03.